The monoisotopic (exact) mass is 565 g/mol. The summed E-state index contributed by atoms with van der Waals surface area (Å²) in [6, 6.07) is 19.7. The Morgan fingerprint density at radius 1 is 1.02 bits per heavy atom. The summed E-state index contributed by atoms with van der Waals surface area (Å²) in [7, 11) is 1.64. The number of nitrogens with zero attached hydrogens (tertiary/aromatic N) is 6. The van der Waals surface area contributed by atoms with Gasteiger partial charge in [0.15, 0.2) is 5.43 Å². The minimum atomic E-state index is -4.71. The minimum absolute atomic E-state index is 0.0622. The van der Waals surface area contributed by atoms with Gasteiger partial charge >= 0.3 is 6.18 Å². The van der Waals surface area contributed by atoms with Gasteiger partial charge in [-0.25, -0.2) is 14.6 Å². The number of pyridine rings is 2. The zero-order valence-electron chi connectivity index (χ0n) is 22.2. The molecule has 0 aliphatic rings. The molecule has 6 aromatic rings. The predicted octanol–water partition coefficient (Wildman–Crippen LogP) is 5.58. The van der Waals surface area contributed by atoms with Crippen molar-refractivity contribution < 1.29 is 13.2 Å². The predicted molar refractivity (Wildman–Crippen MR) is 150 cm³/mol. The first-order valence-corrected chi connectivity index (χ1v) is 12.9. The lowest BCUT2D eigenvalue weighted by Crippen LogP contribution is -2.19. The number of imidazole rings is 1. The van der Waals surface area contributed by atoms with E-state index in [4.69, 9.17) is 0 Å². The van der Waals surface area contributed by atoms with E-state index in [0.717, 1.165) is 22.2 Å². The van der Waals surface area contributed by atoms with Crippen LogP contribution in [-0.4, -0.2) is 29.3 Å². The Bertz CT molecular complexity index is 2020. The highest BCUT2D eigenvalue weighted by Crippen LogP contribution is 2.31. The van der Waals surface area contributed by atoms with Crippen molar-refractivity contribution in [3.8, 4) is 23.1 Å². The van der Waals surface area contributed by atoms with Gasteiger partial charge in [0.25, 0.3) is 0 Å². The summed E-state index contributed by atoms with van der Waals surface area (Å²) in [6.07, 6.45) is 2.26. The maximum Gasteiger partial charge on any atom is 0.431 e. The van der Waals surface area contributed by atoms with Crippen LogP contribution in [0.4, 0.5) is 13.2 Å². The zero-order valence-corrected chi connectivity index (χ0v) is 22.2. The van der Waals surface area contributed by atoms with Crippen LogP contribution < -0.4 is 5.43 Å². The van der Waals surface area contributed by atoms with Crippen LogP contribution in [0.3, 0.4) is 0 Å². The molecular formula is C31H22F3N7O. The van der Waals surface area contributed by atoms with Crippen LogP contribution in [0.5, 0.6) is 0 Å². The number of alkyl halides is 3. The van der Waals surface area contributed by atoms with E-state index in [0.29, 0.717) is 35.0 Å². The van der Waals surface area contributed by atoms with Crippen LogP contribution in [0, 0.1) is 11.3 Å². The molecule has 6 rings (SSSR count). The highest BCUT2D eigenvalue weighted by molar-refractivity contribution is 5.81. The largest absolute Gasteiger partial charge is 0.431 e. The van der Waals surface area contributed by atoms with E-state index in [1.807, 2.05) is 48.7 Å². The third-order valence-corrected chi connectivity index (χ3v) is 7.06. The highest BCUT2D eigenvalue weighted by atomic mass is 19.4. The summed E-state index contributed by atoms with van der Waals surface area (Å²) >= 11 is 0. The Labute approximate surface area is 237 Å². The van der Waals surface area contributed by atoms with Crippen molar-refractivity contribution in [1.29, 1.82) is 5.26 Å². The lowest BCUT2D eigenvalue weighted by Gasteiger charge is -2.14. The number of hydrogen-bond acceptors (Lipinski definition) is 5. The quantitative estimate of drug-likeness (QED) is 0.284. The summed E-state index contributed by atoms with van der Waals surface area (Å²) in [6.45, 7) is 0. The fraction of sp³-hybridized carbons (Fsp3) is 0.129. The lowest BCUT2D eigenvalue weighted by molar-refractivity contribution is -0.141. The average molecular weight is 566 g/mol. The first kappa shape index (κ1) is 26.7. The summed E-state index contributed by atoms with van der Waals surface area (Å²) in [4.78, 5) is 24.0. The summed E-state index contributed by atoms with van der Waals surface area (Å²) < 4.78 is 43.9. The molecule has 0 aliphatic heterocycles. The van der Waals surface area contributed by atoms with Gasteiger partial charge in [-0.2, -0.15) is 23.5 Å². The highest BCUT2D eigenvalue weighted by Gasteiger charge is 2.33. The van der Waals surface area contributed by atoms with Crippen molar-refractivity contribution in [3.63, 3.8) is 0 Å². The van der Waals surface area contributed by atoms with E-state index < -0.39 is 17.3 Å². The second kappa shape index (κ2) is 10.5. The normalized spacial score (nSPS) is 11.6. The Balaban J connectivity index is 1.36. The number of benzene rings is 2. The second-order valence-corrected chi connectivity index (χ2v) is 9.89. The standard InChI is InChI=1S/C31H22F3N7O/c1-40-18-36-17-27(40)30-24(28(42)15-29(39-30)31(32,33)34)13-20-5-8-25-21(12-20)14-22(26(16-35)38-25)11-19-3-6-23(7-4-19)41-10-2-9-37-41/h2-10,12,14-15,17-18H,11,13H2,1H3,(H,39,42). The van der Waals surface area contributed by atoms with E-state index in [9.17, 15) is 23.2 Å². The fourth-order valence-corrected chi connectivity index (χ4v) is 4.96. The van der Waals surface area contributed by atoms with Gasteiger partial charge in [0.2, 0.25) is 0 Å². The van der Waals surface area contributed by atoms with E-state index in [-0.39, 0.29) is 17.7 Å². The van der Waals surface area contributed by atoms with Crippen LogP contribution in [0.25, 0.3) is 28.0 Å². The number of H-pyrrole nitrogens is 1. The van der Waals surface area contributed by atoms with Gasteiger partial charge in [-0.1, -0.05) is 18.2 Å². The number of halogens is 3. The molecule has 0 saturated carbocycles. The van der Waals surface area contributed by atoms with E-state index in [1.54, 1.807) is 34.6 Å². The third kappa shape index (κ3) is 5.17. The van der Waals surface area contributed by atoms with Gasteiger partial charge in [-0.3, -0.25) is 4.79 Å². The summed E-state index contributed by atoms with van der Waals surface area (Å²) in [5, 5.41) is 14.8. The number of nitriles is 1. The molecule has 8 nitrogen and oxygen atoms in total. The van der Waals surface area contributed by atoms with E-state index in [2.05, 4.69) is 26.1 Å². The molecule has 208 valence electrons. The molecule has 0 fully saturated rings. The molecule has 2 aromatic carbocycles. The Morgan fingerprint density at radius 3 is 2.48 bits per heavy atom. The number of hydrogen-bond donors (Lipinski definition) is 1. The van der Waals surface area contributed by atoms with Crippen LogP contribution >= 0.6 is 0 Å². The van der Waals surface area contributed by atoms with Crippen molar-refractivity contribution >= 4 is 10.9 Å². The Kier molecular flexibility index (Phi) is 6.66. The fourth-order valence-electron chi connectivity index (χ4n) is 4.96. The van der Waals surface area contributed by atoms with Crippen LogP contribution in [0.1, 0.15) is 33.6 Å². The molecule has 0 atom stereocenters. The van der Waals surface area contributed by atoms with Crippen molar-refractivity contribution in [1.82, 2.24) is 29.3 Å². The van der Waals surface area contributed by atoms with Crippen LogP contribution in [0.2, 0.25) is 0 Å². The molecule has 4 heterocycles. The SMILES string of the molecule is Cn1cncc1-c1[nH]c(C(F)(F)F)cc(=O)c1Cc1ccc2nc(C#N)c(Cc3ccc(-n4cccn4)cc3)cc2c1. The molecule has 0 bridgehead atoms. The second-order valence-electron chi connectivity index (χ2n) is 9.89. The van der Waals surface area contributed by atoms with Gasteiger partial charge in [0.1, 0.15) is 17.5 Å². The molecule has 0 spiro atoms. The Morgan fingerprint density at radius 2 is 1.81 bits per heavy atom. The lowest BCUT2D eigenvalue weighted by atomic mass is 9.97. The van der Waals surface area contributed by atoms with Crippen LogP contribution in [-0.2, 0) is 26.1 Å². The minimum Gasteiger partial charge on any atom is -0.349 e. The average Bonchev–Trinajstić information content (AvgIpc) is 3.66. The summed E-state index contributed by atoms with van der Waals surface area (Å²) in [5.41, 5.74) is 2.99. The van der Waals surface area contributed by atoms with Gasteiger partial charge in [0.05, 0.1) is 35.1 Å². The molecule has 1 N–H and O–H groups in total. The number of rotatable bonds is 6. The molecule has 42 heavy (non-hydrogen) atoms. The van der Waals surface area contributed by atoms with Crippen molar-refractivity contribution in [3.05, 3.63) is 129 Å². The van der Waals surface area contributed by atoms with Crippen molar-refractivity contribution in [2.24, 2.45) is 7.05 Å². The molecule has 0 aliphatic carbocycles. The zero-order chi connectivity index (χ0) is 29.4. The van der Waals surface area contributed by atoms with Gasteiger partial charge in [0, 0.05) is 49.3 Å². The molecule has 11 heteroatoms. The molecule has 0 saturated heterocycles. The Hall–Kier alpha value is -5.50. The molecule has 0 amide bonds. The van der Waals surface area contributed by atoms with Crippen LogP contribution in [0.15, 0.2) is 90.4 Å². The molecule has 0 radical (unpaired) electrons. The topological polar surface area (TPSA) is 105 Å². The number of aromatic nitrogens is 6. The summed E-state index contributed by atoms with van der Waals surface area (Å²) in [5.74, 6) is 0. The smallest absolute Gasteiger partial charge is 0.349 e. The molecule has 4 aromatic heterocycles. The molecule has 0 unspecified atom stereocenters. The van der Waals surface area contributed by atoms with Gasteiger partial charge in [-0.15, -0.1) is 0 Å². The first-order valence-electron chi connectivity index (χ1n) is 12.9. The van der Waals surface area contributed by atoms with E-state index >= 15 is 0 Å². The first-order chi connectivity index (χ1) is 20.2. The maximum atomic E-state index is 13.5. The maximum absolute atomic E-state index is 13.5. The van der Waals surface area contributed by atoms with Gasteiger partial charge in [-0.05, 0) is 53.1 Å². The van der Waals surface area contributed by atoms with Gasteiger partial charge < -0.3 is 9.55 Å². The number of aryl methyl sites for hydroxylation is 1. The number of nitrogens with one attached hydrogen (secondary N) is 1. The third-order valence-electron chi connectivity index (χ3n) is 7.06. The number of aromatic amines is 1. The van der Waals surface area contributed by atoms with Crippen molar-refractivity contribution in [2.75, 3.05) is 0 Å². The molecular weight excluding hydrogens is 543 g/mol. The van der Waals surface area contributed by atoms with E-state index in [1.165, 1.54) is 12.5 Å². The van der Waals surface area contributed by atoms with Crippen molar-refractivity contribution in [2.45, 2.75) is 19.0 Å². The number of fused-ring (bicyclic) bond motifs is 1.